The van der Waals surface area contributed by atoms with Crippen LogP contribution in [0, 0.1) is 11.7 Å². The molecule has 0 spiro atoms. The summed E-state index contributed by atoms with van der Waals surface area (Å²) in [5.41, 5.74) is 3.26. The van der Waals surface area contributed by atoms with Gasteiger partial charge in [-0.1, -0.05) is 61.8 Å². The Morgan fingerprint density at radius 1 is 1.12 bits per heavy atom. The predicted molar refractivity (Wildman–Crippen MR) is 132 cm³/mol. The van der Waals surface area contributed by atoms with Crippen LogP contribution < -0.4 is 4.72 Å². The summed E-state index contributed by atoms with van der Waals surface area (Å²) in [5.74, 6) is -1.54. The Labute approximate surface area is 202 Å². The topological polar surface area (TPSA) is 81.1 Å². The number of carbonyl (C=O) groups is 1. The number of hydrogen-bond donors (Lipinski definition) is 1. The van der Waals surface area contributed by atoms with Gasteiger partial charge in [0.25, 0.3) is 5.91 Å². The van der Waals surface area contributed by atoms with E-state index >= 15 is 0 Å². The molecule has 176 valence electrons. The largest absolute Gasteiger partial charge is 0.268 e. The maximum atomic E-state index is 14.9. The highest BCUT2D eigenvalue weighted by molar-refractivity contribution is 7.89. The quantitative estimate of drug-likeness (QED) is 0.386. The Morgan fingerprint density at radius 2 is 1.82 bits per heavy atom. The molecule has 0 aliphatic rings. The zero-order valence-electron chi connectivity index (χ0n) is 18.8. The molecule has 0 fully saturated rings. The van der Waals surface area contributed by atoms with Crippen LogP contribution in [0.4, 0.5) is 4.39 Å². The lowest BCUT2D eigenvalue weighted by atomic mass is 10.00. The Bertz CT molecular complexity index is 1500. The maximum absolute atomic E-state index is 14.9. The Balaban J connectivity index is 1.89. The first-order valence-electron chi connectivity index (χ1n) is 10.6. The van der Waals surface area contributed by atoms with Crippen LogP contribution in [-0.4, -0.2) is 30.4 Å². The summed E-state index contributed by atoms with van der Waals surface area (Å²) in [6, 6.07) is 17.8. The van der Waals surface area contributed by atoms with Crippen molar-refractivity contribution in [2.45, 2.75) is 20.3 Å². The van der Waals surface area contributed by atoms with Crippen molar-refractivity contribution in [2.75, 3.05) is 6.26 Å². The standard InChI is InChI=1S/C25H23ClFN3O3S/c1-15(2)11-16-9-10-22-19(12-16)24(17-7-5-4-6-8-17)28-30(22)23-14-21(27)18(13-20(23)26)25(31)29-34(3,32)33/h4-10,12-15H,11H2,1-3H3,(H,29,31). The van der Waals surface area contributed by atoms with Gasteiger partial charge < -0.3 is 0 Å². The van der Waals surface area contributed by atoms with E-state index in [-0.39, 0.29) is 10.7 Å². The summed E-state index contributed by atoms with van der Waals surface area (Å²) < 4.78 is 41.0. The van der Waals surface area contributed by atoms with Gasteiger partial charge >= 0.3 is 0 Å². The van der Waals surface area contributed by atoms with E-state index in [9.17, 15) is 17.6 Å². The molecule has 0 saturated carbocycles. The fourth-order valence-corrected chi connectivity index (χ4v) is 4.54. The van der Waals surface area contributed by atoms with Crippen molar-refractivity contribution in [2.24, 2.45) is 5.92 Å². The average molecular weight is 500 g/mol. The number of rotatable bonds is 6. The molecule has 0 saturated heterocycles. The predicted octanol–water partition coefficient (Wildman–Crippen LogP) is 5.37. The highest BCUT2D eigenvalue weighted by Gasteiger charge is 2.21. The van der Waals surface area contributed by atoms with E-state index in [0.29, 0.717) is 5.92 Å². The van der Waals surface area contributed by atoms with E-state index in [1.165, 1.54) is 0 Å². The molecule has 1 amide bonds. The summed E-state index contributed by atoms with van der Waals surface area (Å²) in [7, 11) is -3.86. The number of benzene rings is 3. The molecule has 6 nitrogen and oxygen atoms in total. The monoisotopic (exact) mass is 499 g/mol. The van der Waals surface area contributed by atoms with Gasteiger partial charge in [-0.25, -0.2) is 22.2 Å². The molecule has 1 heterocycles. The summed E-state index contributed by atoms with van der Waals surface area (Å²) >= 11 is 6.45. The molecule has 34 heavy (non-hydrogen) atoms. The number of halogens is 2. The second-order valence-corrected chi connectivity index (χ2v) is 10.7. The molecule has 4 aromatic rings. The minimum absolute atomic E-state index is 0.0512. The Kier molecular flexibility index (Phi) is 6.47. The van der Waals surface area contributed by atoms with Crippen molar-refractivity contribution in [3.05, 3.63) is 82.6 Å². The van der Waals surface area contributed by atoms with Crippen LogP contribution in [0.2, 0.25) is 5.02 Å². The maximum Gasteiger partial charge on any atom is 0.267 e. The van der Waals surface area contributed by atoms with Gasteiger partial charge in [-0.3, -0.25) is 4.79 Å². The van der Waals surface area contributed by atoms with Crippen molar-refractivity contribution < 1.29 is 17.6 Å². The SMILES string of the molecule is CC(C)Cc1ccc2c(c1)c(-c1ccccc1)nn2-c1cc(F)c(C(=O)NS(C)(=O)=O)cc1Cl. The van der Waals surface area contributed by atoms with Crippen molar-refractivity contribution in [3.8, 4) is 16.9 Å². The van der Waals surface area contributed by atoms with E-state index in [1.807, 2.05) is 42.5 Å². The molecule has 9 heteroatoms. The second-order valence-electron chi connectivity index (χ2n) is 8.56. The molecule has 1 aromatic heterocycles. The molecule has 0 radical (unpaired) electrons. The van der Waals surface area contributed by atoms with E-state index in [0.717, 1.165) is 52.5 Å². The number of fused-ring (bicyclic) bond motifs is 1. The number of amides is 1. The number of sulfonamides is 1. The number of aromatic nitrogens is 2. The number of carbonyl (C=O) groups excluding carboxylic acids is 1. The molecule has 0 aliphatic heterocycles. The lowest BCUT2D eigenvalue weighted by Crippen LogP contribution is -2.30. The molecule has 0 unspecified atom stereocenters. The van der Waals surface area contributed by atoms with Crippen LogP contribution in [0.1, 0.15) is 29.8 Å². The van der Waals surface area contributed by atoms with Crippen LogP contribution in [0.3, 0.4) is 0 Å². The first-order chi connectivity index (χ1) is 16.0. The van der Waals surface area contributed by atoms with Crippen molar-refractivity contribution in [1.82, 2.24) is 14.5 Å². The van der Waals surface area contributed by atoms with E-state index < -0.39 is 27.3 Å². The Hall–Kier alpha value is -3.23. The summed E-state index contributed by atoms with van der Waals surface area (Å²) in [6.07, 6.45) is 1.71. The van der Waals surface area contributed by atoms with Crippen molar-refractivity contribution in [3.63, 3.8) is 0 Å². The van der Waals surface area contributed by atoms with E-state index in [4.69, 9.17) is 16.7 Å². The van der Waals surface area contributed by atoms with Gasteiger partial charge in [0, 0.05) is 17.0 Å². The third-order valence-electron chi connectivity index (χ3n) is 5.22. The Morgan fingerprint density at radius 3 is 2.47 bits per heavy atom. The van der Waals surface area contributed by atoms with E-state index in [2.05, 4.69) is 19.9 Å². The molecule has 0 bridgehead atoms. The van der Waals surface area contributed by atoms with Crippen LogP contribution in [0.5, 0.6) is 0 Å². The molecule has 0 aliphatic carbocycles. The van der Waals surface area contributed by atoms with Crippen LogP contribution in [0.25, 0.3) is 27.8 Å². The van der Waals surface area contributed by atoms with Gasteiger partial charge in [0.1, 0.15) is 11.5 Å². The highest BCUT2D eigenvalue weighted by atomic mass is 35.5. The molecule has 0 atom stereocenters. The number of nitrogens with zero attached hydrogens (tertiary/aromatic N) is 2. The summed E-state index contributed by atoms with van der Waals surface area (Å²) in [6.45, 7) is 4.30. The van der Waals surface area contributed by atoms with Gasteiger partial charge in [0.05, 0.1) is 28.0 Å². The second kappa shape index (κ2) is 9.19. The van der Waals surface area contributed by atoms with Gasteiger partial charge in [0.15, 0.2) is 0 Å². The van der Waals surface area contributed by atoms with Crippen molar-refractivity contribution >= 4 is 38.4 Å². The lowest BCUT2D eigenvalue weighted by molar-refractivity contribution is 0.0978. The summed E-state index contributed by atoms with van der Waals surface area (Å²) in [5, 5.41) is 5.69. The smallest absolute Gasteiger partial charge is 0.267 e. The summed E-state index contributed by atoms with van der Waals surface area (Å²) in [4.78, 5) is 12.2. The van der Waals surface area contributed by atoms with Gasteiger partial charge in [0.2, 0.25) is 10.0 Å². The molecule has 1 N–H and O–H groups in total. The molecule has 3 aromatic carbocycles. The first kappa shape index (κ1) is 23.9. The molecule has 4 rings (SSSR count). The third kappa shape index (κ3) is 4.98. The van der Waals surface area contributed by atoms with Gasteiger partial charge in [-0.15, -0.1) is 0 Å². The first-order valence-corrected chi connectivity index (χ1v) is 12.9. The minimum Gasteiger partial charge on any atom is -0.268 e. The number of hydrogen-bond acceptors (Lipinski definition) is 4. The minimum atomic E-state index is -3.86. The van der Waals surface area contributed by atoms with Gasteiger partial charge in [-0.2, -0.15) is 5.10 Å². The van der Waals surface area contributed by atoms with Crippen LogP contribution in [0.15, 0.2) is 60.7 Å². The number of nitrogens with one attached hydrogen (secondary N) is 1. The lowest BCUT2D eigenvalue weighted by Gasteiger charge is -2.10. The highest BCUT2D eigenvalue weighted by Crippen LogP contribution is 2.34. The third-order valence-corrected chi connectivity index (χ3v) is 6.08. The normalized spacial score (nSPS) is 11.8. The molecular weight excluding hydrogens is 477 g/mol. The zero-order valence-corrected chi connectivity index (χ0v) is 20.4. The molecular formula is C25H23ClFN3O3S. The van der Waals surface area contributed by atoms with Crippen LogP contribution in [-0.2, 0) is 16.4 Å². The average Bonchev–Trinajstić information content (AvgIpc) is 3.12. The van der Waals surface area contributed by atoms with E-state index in [1.54, 1.807) is 9.40 Å². The zero-order chi connectivity index (χ0) is 24.6. The van der Waals surface area contributed by atoms with Crippen LogP contribution >= 0.6 is 11.6 Å². The van der Waals surface area contributed by atoms with Gasteiger partial charge in [-0.05, 0) is 36.1 Å². The fourth-order valence-electron chi connectivity index (χ4n) is 3.85. The van der Waals surface area contributed by atoms with Crippen molar-refractivity contribution in [1.29, 1.82) is 0 Å². The fraction of sp³-hybridized carbons (Fsp3) is 0.200.